The summed E-state index contributed by atoms with van der Waals surface area (Å²) in [6, 6.07) is -0.468. The van der Waals surface area contributed by atoms with Crippen LogP contribution < -0.4 is 5.73 Å². The van der Waals surface area contributed by atoms with Crippen molar-refractivity contribution < 1.29 is 9.53 Å². The van der Waals surface area contributed by atoms with Crippen molar-refractivity contribution in [3.8, 4) is 0 Å². The van der Waals surface area contributed by atoms with Crippen LogP contribution in [0.1, 0.15) is 60.3 Å². The highest BCUT2D eigenvalue weighted by Gasteiger charge is 2.34. The van der Waals surface area contributed by atoms with Gasteiger partial charge in [-0.05, 0) is 42.9 Å². The molecule has 3 nitrogen and oxygen atoms in total. The first-order valence-electron chi connectivity index (χ1n) is 7.77. The van der Waals surface area contributed by atoms with E-state index in [0.29, 0.717) is 30.1 Å². The molecular weight excluding hydrogens is 238 g/mol. The van der Waals surface area contributed by atoms with Crippen LogP contribution in [-0.4, -0.2) is 18.1 Å². The molecule has 19 heavy (non-hydrogen) atoms. The van der Waals surface area contributed by atoms with Gasteiger partial charge in [0, 0.05) is 0 Å². The second kappa shape index (κ2) is 7.28. The van der Waals surface area contributed by atoms with Crippen molar-refractivity contribution in [3.63, 3.8) is 0 Å². The molecule has 1 saturated carbocycles. The zero-order valence-electron chi connectivity index (χ0n) is 13.2. The molecule has 4 atom stereocenters. The molecule has 0 aromatic carbocycles. The molecule has 3 heteroatoms. The minimum absolute atomic E-state index is 0.0643. The first-order valence-corrected chi connectivity index (χ1v) is 7.77. The average molecular weight is 269 g/mol. The van der Waals surface area contributed by atoms with E-state index in [0.717, 1.165) is 12.8 Å². The molecule has 0 bridgehead atoms. The SMILES string of the molecule is CC(C)C[C@@H](N)C(=O)OC1CC(C)CCC1C(C)C. The maximum absolute atomic E-state index is 12.1. The fraction of sp³-hybridized carbons (Fsp3) is 0.938. The highest BCUT2D eigenvalue weighted by atomic mass is 16.5. The Kier molecular flexibility index (Phi) is 6.31. The Hall–Kier alpha value is -0.570. The van der Waals surface area contributed by atoms with Gasteiger partial charge < -0.3 is 10.5 Å². The summed E-state index contributed by atoms with van der Waals surface area (Å²) >= 11 is 0. The summed E-state index contributed by atoms with van der Waals surface area (Å²) in [6.45, 7) is 10.8. The maximum Gasteiger partial charge on any atom is 0.323 e. The van der Waals surface area contributed by atoms with Crippen LogP contribution in [0.15, 0.2) is 0 Å². The lowest BCUT2D eigenvalue weighted by Crippen LogP contribution is -2.41. The predicted octanol–water partition coefficient (Wildman–Crippen LogP) is 3.36. The Balaban J connectivity index is 2.58. The molecule has 0 saturated heterocycles. The van der Waals surface area contributed by atoms with E-state index in [4.69, 9.17) is 10.5 Å². The van der Waals surface area contributed by atoms with Crippen LogP contribution >= 0.6 is 0 Å². The number of hydrogen-bond acceptors (Lipinski definition) is 3. The minimum atomic E-state index is -0.468. The highest BCUT2D eigenvalue weighted by Crippen LogP contribution is 2.35. The topological polar surface area (TPSA) is 52.3 Å². The molecular formula is C16H31NO2. The summed E-state index contributed by atoms with van der Waals surface area (Å²) in [5.74, 6) is 1.92. The van der Waals surface area contributed by atoms with Gasteiger partial charge in [0.25, 0.3) is 0 Å². The number of rotatable bonds is 5. The second-order valence-corrected chi connectivity index (χ2v) is 7.04. The number of ether oxygens (including phenoxy) is 1. The van der Waals surface area contributed by atoms with E-state index < -0.39 is 6.04 Å². The van der Waals surface area contributed by atoms with Gasteiger partial charge in [-0.15, -0.1) is 0 Å². The van der Waals surface area contributed by atoms with Gasteiger partial charge in [-0.3, -0.25) is 4.79 Å². The minimum Gasteiger partial charge on any atom is -0.461 e. The first-order chi connectivity index (χ1) is 8.81. The lowest BCUT2D eigenvalue weighted by molar-refractivity contribution is -0.157. The molecule has 1 rings (SSSR count). The number of esters is 1. The van der Waals surface area contributed by atoms with Gasteiger partial charge in [0.15, 0.2) is 0 Å². The highest BCUT2D eigenvalue weighted by molar-refractivity contribution is 5.75. The van der Waals surface area contributed by atoms with Crippen LogP contribution in [-0.2, 0) is 9.53 Å². The molecule has 0 aliphatic heterocycles. The van der Waals surface area contributed by atoms with E-state index in [1.165, 1.54) is 6.42 Å². The third-order valence-electron chi connectivity index (χ3n) is 4.26. The summed E-state index contributed by atoms with van der Waals surface area (Å²) in [7, 11) is 0. The lowest BCUT2D eigenvalue weighted by Gasteiger charge is -2.37. The van der Waals surface area contributed by atoms with Crippen molar-refractivity contribution in [3.05, 3.63) is 0 Å². The van der Waals surface area contributed by atoms with Crippen molar-refractivity contribution in [1.29, 1.82) is 0 Å². The van der Waals surface area contributed by atoms with Crippen LogP contribution in [0.4, 0.5) is 0 Å². The van der Waals surface area contributed by atoms with Crippen molar-refractivity contribution in [2.45, 2.75) is 72.4 Å². The van der Waals surface area contributed by atoms with Crippen LogP contribution in [0.2, 0.25) is 0 Å². The third kappa shape index (κ3) is 5.13. The van der Waals surface area contributed by atoms with Gasteiger partial charge in [-0.2, -0.15) is 0 Å². The van der Waals surface area contributed by atoms with Crippen molar-refractivity contribution >= 4 is 5.97 Å². The van der Waals surface area contributed by atoms with E-state index in [1.54, 1.807) is 0 Å². The summed E-state index contributed by atoms with van der Waals surface area (Å²) in [6.07, 6.45) is 4.16. The Morgan fingerprint density at radius 3 is 2.42 bits per heavy atom. The number of carbonyl (C=O) groups is 1. The van der Waals surface area contributed by atoms with Gasteiger partial charge in [0.1, 0.15) is 12.1 Å². The van der Waals surface area contributed by atoms with E-state index in [-0.39, 0.29) is 12.1 Å². The zero-order chi connectivity index (χ0) is 14.6. The molecule has 1 aliphatic rings. The summed E-state index contributed by atoms with van der Waals surface area (Å²) in [5.41, 5.74) is 5.92. The molecule has 1 aliphatic carbocycles. The molecule has 3 unspecified atom stereocenters. The average Bonchev–Trinajstić information content (AvgIpc) is 2.27. The maximum atomic E-state index is 12.1. The van der Waals surface area contributed by atoms with E-state index in [1.807, 2.05) is 0 Å². The first kappa shape index (κ1) is 16.5. The number of hydrogen-bond donors (Lipinski definition) is 1. The van der Waals surface area contributed by atoms with Gasteiger partial charge >= 0.3 is 5.97 Å². The fourth-order valence-corrected chi connectivity index (χ4v) is 3.09. The number of carbonyl (C=O) groups excluding carboxylic acids is 1. The van der Waals surface area contributed by atoms with Crippen LogP contribution in [0.5, 0.6) is 0 Å². The molecule has 0 amide bonds. The van der Waals surface area contributed by atoms with Crippen molar-refractivity contribution in [2.24, 2.45) is 29.4 Å². The summed E-state index contributed by atoms with van der Waals surface area (Å²) in [5, 5.41) is 0. The molecule has 2 N–H and O–H groups in total. The van der Waals surface area contributed by atoms with Gasteiger partial charge in [-0.1, -0.05) is 41.0 Å². The molecule has 0 aromatic rings. The molecule has 112 valence electrons. The molecule has 0 aromatic heterocycles. The fourth-order valence-electron chi connectivity index (χ4n) is 3.09. The van der Waals surface area contributed by atoms with Crippen LogP contribution in [0.25, 0.3) is 0 Å². The van der Waals surface area contributed by atoms with E-state index in [2.05, 4.69) is 34.6 Å². The van der Waals surface area contributed by atoms with Gasteiger partial charge in [-0.25, -0.2) is 0 Å². The Labute approximate surface area is 118 Å². The smallest absolute Gasteiger partial charge is 0.323 e. The van der Waals surface area contributed by atoms with Crippen LogP contribution in [0.3, 0.4) is 0 Å². The van der Waals surface area contributed by atoms with Crippen molar-refractivity contribution in [1.82, 2.24) is 0 Å². The number of nitrogens with two attached hydrogens (primary N) is 1. The largest absolute Gasteiger partial charge is 0.461 e. The molecule has 0 heterocycles. The monoisotopic (exact) mass is 269 g/mol. The Morgan fingerprint density at radius 1 is 1.26 bits per heavy atom. The van der Waals surface area contributed by atoms with Gasteiger partial charge in [0.05, 0.1) is 0 Å². The molecule has 0 spiro atoms. The quantitative estimate of drug-likeness (QED) is 0.779. The molecule has 1 fully saturated rings. The Morgan fingerprint density at radius 2 is 1.89 bits per heavy atom. The lowest BCUT2D eigenvalue weighted by atomic mass is 9.75. The van der Waals surface area contributed by atoms with Crippen molar-refractivity contribution in [2.75, 3.05) is 0 Å². The normalized spacial score (nSPS) is 29.6. The van der Waals surface area contributed by atoms with E-state index in [9.17, 15) is 4.79 Å². The summed E-state index contributed by atoms with van der Waals surface area (Å²) < 4.78 is 5.73. The van der Waals surface area contributed by atoms with E-state index >= 15 is 0 Å². The van der Waals surface area contributed by atoms with Gasteiger partial charge in [0.2, 0.25) is 0 Å². The standard InChI is InChI=1S/C16H31NO2/c1-10(2)8-14(17)16(18)19-15-9-12(5)6-7-13(15)11(3)4/h10-15H,6-9,17H2,1-5H3/t12?,13?,14-,15?/m1/s1. The molecule has 0 radical (unpaired) electrons. The van der Waals surface area contributed by atoms with Crippen LogP contribution in [0, 0.1) is 23.7 Å². The second-order valence-electron chi connectivity index (χ2n) is 7.04. The Bertz CT molecular complexity index is 288. The summed E-state index contributed by atoms with van der Waals surface area (Å²) in [4.78, 5) is 12.1. The predicted molar refractivity (Wildman–Crippen MR) is 78.7 cm³/mol. The third-order valence-corrected chi connectivity index (χ3v) is 4.26. The zero-order valence-corrected chi connectivity index (χ0v) is 13.2.